The summed E-state index contributed by atoms with van der Waals surface area (Å²) >= 11 is 0. The highest BCUT2D eigenvalue weighted by Gasteiger charge is 2.28. The van der Waals surface area contributed by atoms with Crippen LogP contribution in [0.25, 0.3) is 16.7 Å². The number of carbonyl (C=O) groups is 2. The fourth-order valence-electron chi connectivity index (χ4n) is 3.40. The van der Waals surface area contributed by atoms with Gasteiger partial charge in [-0.1, -0.05) is 12.1 Å². The lowest BCUT2D eigenvalue weighted by Crippen LogP contribution is -2.40. The maximum Gasteiger partial charge on any atom is 0.295 e. The van der Waals surface area contributed by atoms with Crippen LogP contribution in [0, 0.1) is 6.92 Å². The number of para-hydroxylation sites is 1. The van der Waals surface area contributed by atoms with Crippen molar-refractivity contribution in [1.82, 2.24) is 24.5 Å². The van der Waals surface area contributed by atoms with Crippen molar-refractivity contribution in [2.45, 2.75) is 6.92 Å². The van der Waals surface area contributed by atoms with Crippen LogP contribution in [0.1, 0.15) is 26.9 Å². The van der Waals surface area contributed by atoms with Gasteiger partial charge < -0.3 is 19.4 Å². The summed E-state index contributed by atoms with van der Waals surface area (Å²) < 4.78 is 12.6. The van der Waals surface area contributed by atoms with E-state index in [0.717, 1.165) is 5.69 Å². The van der Waals surface area contributed by atoms with Gasteiger partial charge in [-0.25, -0.2) is 9.50 Å². The lowest BCUT2D eigenvalue weighted by atomic mass is 10.2. The molecule has 10 heteroatoms. The van der Waals surface area contributed by atoms with Gasteiger partial charge in [0.15, 0.2) is 0 Å². The summed E-state index contributed by atoms with van der Waals surface area (Å²) in [6.07, 6.45) is 1.60. The number of nitrogens with zero attached hydrogens (tertiary/aromatic N) is 5. The molecule has 30 heavy (non-hydrogen) atoms. The molecule has 0 atom stereocenters. The van der Waals surface area contributed by atoms with E-state index in [1.54, 1.807) is 35.4 Å². The second-order valence-electron chi connectivity index (χ2n) is 6.89. The molecule has 1 N–H and O–H groups in total. The topological polar surface area (TPSA) is 115 Å². The van der Waals surface area contributed by atoms with Crippen LogP contribution in [0.3, 0.4) is 0 Å². The summed E-state index contributed by atoms with van der Waals surface area (Å²) in [6.45, 7) is 3.69. The minimum absolute atomic E-state index is 0.0492. The summed E-state index contributed by atoms with van der Waals surface area (Å²) in [5.41, 5.74) is 1.60. The maximum atomic E-state index is 13.1. The molecule has 0 radical (unpaired) electrons. The van der Waals surface area contributed by atoms with Gasteiger partial charge >= 0.3 is 0 Å². The van der Waals surface area contributed by atoms with Crippen molar-refractivity contribution in [2.75, 3.05) is 31.6 Å². The Morgan fingerprint density at radius 1 is 1.13 bits per heavy atom. The molecular weight excluding hydrogens is 388 g/mol. The molecule has 0 spiro atoms. The van der Waals surface area contributed by atoms with E-state index in [0.29, 0.717) is 48.7 Å². The summed E-state index contributed by atoms with van der Waals surface area (Å²) in [6, 6.07) is 8.92. The average Bonchev–Trinajstić information content (AvgIpc) is 3.37. The van der Waals surface area contributed by atoms with Crippen molar-refractivity contribution in [1.29, 1.82) is 0 Å². The Balaban J connectivity index is 1.53. The Kier molecular flexibility index (Phi) is 4.40. The zero-order valence-electron chi connectivity index (χ0n) is 16.2. The Morgan fingerprint density at radius 2 is 1.93 bits per heavy atom. The molecule has 0 saturated carbocycles. The van der Waals surface area contributed by atoms with Crippen molar-refractivity contribution in [3.8, 4) is 0 Å². The molecule has 10 nitrogen and oxygen atoms in total. The zero-order valence-corrected chi connectivity index (χ0v) is 16.2. The third-order valence-electron chi connectivity index (χ3n) is 4.96. The molecule has 5 rings (SSSR count). The van der Waals surface area contributed by atoms with Crippen molar-refractivity contribution in [3.63, 3.8) is 0 Å². The third-order valence-corrected chi connectivity index (χ3v) is 4.96. The highest BCUT2D eigenvalue weighted by atomic mass is 16.5. The number of rotatable bonds is 3. The monoisotopic (exact) mass is 406 g/mol. The minimum Gasteiger partial charge on any atom is -0.449 e. The van der Waals surface area contributed by atoms with Crippen LogP contribution in [-0.4, -0.2) is 62.6 Å². The Labute approximate surface area is 170 Å². The first-order valence-electron chi connectivity index (χ1n) is 9.50. The minimum atomic E-state index is -0.553. The zero-order chi connectivity index (χ0) is 20.7. The Morgan fingerprint density at radius 3 is 2.73 bits per heavy atom. The first-order valence-corrected chi connectivity index (χ1v) is 9.50. The van der Waals surface area contributed by atoms with Crippen molar-refractivity contribution < 1.29 is 18.7 Å². The fraction of sp³-hybridized carbons (Fsp3) is 0.250. The van der Waals surface area contributed by atoms with Crippen LogP contribution < -0.4 is 5.32 Å². The second-order valence-corrected chi connectivity index (χ2v) is 6.89. The SMILES string of the molecule is Cc1ccnc2nc(C(=O)Nc3c(C(=O)N4CCOCC4)oc4ccccc34)nn12. The molecule has 4 heterocycles. The van der Waals surface area contributed by atoms with E-state index in [1.165, 1.54) is 4.52 Å². The number of aromatic nitrogens is 4. The number of fused-ring (bicyclic) bond motifs is 2. The lowest BCUT2D eigenvalue weighted by Gasteiger charge is -2.26. The number of ether oxygens (including phenoxy) is 1. The molecule has 0 unspecified atom stereocenters. The number of morpholine rings is 1. The molecule has 0 bridgehead atoms. The van der Waals surface area contributed by atoms with Gasteiger partial charge in [0, 0.05) is 30.4 Å². The van der Waals surface area contributed by atoms with Crippen LogP contribution in [0.4, 0.5) is 5.69 Å². The van der Waals surface area contributed by atoms with E-state index in [9.17, 15) is 9.59 Å². The van der Waals surface area contributed by atoms with Crippen LogP contribution in [-0.2, 0) is 4.74 Å². The second kappa shape index (κ2) is 7.23. The smallest absolute Gasteiger partial charge is 0.295 e. The van der Waals surface area contributed by atoms with Crippen LogP contribution in [0.5, 0.6) is 0 Å². The number of furan rings is 1. The van der Waals surface area contributed by atoms with Crippen molar-refractivity contribution >= 4 is 34.2 Å². The number of aryl methyl sites for hydroxylation is 1. The number of anilines is 1. The van der Waals surface area contributed by atoms with Gasteiger partial charge in [-0.15, -0.1) is 5.10 Å². The number of hydrogen-bond acceptors (Lipinski definition) is 7. The Bertz CT molecular complexity index is 1270. The predicted octanol–water partition coefficient (Wildman–Crippen LogP) is 1.90. The van der Waals surface area contributed by atoms with Gasteiger partial charge in [0.1, 0.15) is 11.3 Å². The summed E-state index contributed by atoms with van der Waals surface area (Å²) in [7, 11) is 0. The van der Waals surface area contributed by atoms with Gasteiger partial charge in [0.25, 0.3) is 17.6 Å². The van der Waals surface area contributed by atoms with Gasteiger partial charge in [-0.05, 0) is 25.1 Å². The average molecular weight is 406 g/mol. The number of hydrogen-bond donors (Lipinski definition) is 1. The summed E-state index contributed by atoms with van der Waals surface area (Å²) in [5.74, 6) is -0.508. The molecule has 1 fully saturated rings. The number of carbonyl (C=O) groups excluding carboxylic acids is 2. The maximum absolute atomic E-state index is 13.1. The van der Waals surface area contributed by atoms with Crippen LogP contribution in [0.15, 0.2) is 40.9 Å². The van der Waals surface area contributed by atoms with Crippen LogP contribution in [0.2, 0.25) is 0 Å². The standard InChI is InChI=1S/C20H18N6O4/c1-12-6-7-21-20-23-17(24-26(12)20)18(27)22-15-13-4-2-3-5-14(13)30-16(15)19(28)25-8-10-29-11-9-25/h2-7H,8-11H2,1H3,(H,22,27). The van der Waals surface area contributed by atoms with E-state index in [1.807, 2.05) is 13.0 Å². The van der Waals surface area contributed by atoms with E-state index in [4.69, 9.17) is 9.15 Å². The highest BCUT2D eigenvalue weighted by Crippen LogP contribution is 2.32. The Hall–Kier alpha value is -3.79. The lowest BCUT2D eigenvalue weighted by molar-refractivity contribution is 0.0285. The molecular formula is C20H18N6O4. The van der Waals surface area contributed by atoms with Gasteiger partial charge in [0.2, 0.25) is 11.6 Å². The predicted molar refractivity (Wildman–Crippen MR) is 106 cm³/mol. The van der Waals surface area contributed by atoms with Crippen molar-refractivity contribution in [2.24, 2.45) is 0 Å². The first kappa shape index (κ1) is 18.3. The van der Waals surface area contributed by atoms with Gasteiger partial charge in [0.05, 0.1) is 13.2 Å². The molecule has 1 aliphatic heterocycles. The molecule has 0 aliphatic carbocycles. The number of amides is 2. The molecule has 4 aromatic rings. The van der Waals surface area contributed by atoms with E-state index in [2.05, 4.69) is 20.4 Å². The fourth-order valence-corrected chi connectivity index (χ4v) is 3.40. The number of nitrogens with one attached hydrogen (secondary N) is 1. The van der Waals surface area contributed by atoms with E-state index >= 15 is 0 Å². The summed E-state index contributed by atoms with van der Waals surface area (Å²) in [5, 5.41) is 7.62. The number of benzene rings is 1. The van der Waals surface area contributed by atoms with E-state index in [-0.39, 0.29) is 17.5 Å². The molecule has 152 valence electrons. The quantitative estimate of drug-likeness (QED) is 0.553. The van der Waals surface area contributed by atoms with E-state index < -0.39 is 5.91 Å². The van der Waals surface area contributed by atoms with Gasteiger partial charge in [-0.2, -0.15) is 4.98 Å². The van der Waals surface area contributed by atoms with Crippen molar-refractivity contribution in [3.05, 3.63) is 53.8 Å². The third kappa shape index (κ3) is 3.07. The molecule has 3 aromatic heterocycles. The largest absolute Gasteiger partial charge is 0.449 e. The molecule has 1 aromatic carbocycles. The highest BCUT2D eigenvalue weighted by molar-refractivity contribution is 6.13. The van der Waals surface area contributed by atoms with Gasteiger partial charge in [-0.3, -0.25) is 9.59 Å². The normalized spacial score (nSPS) is 14.4. The van der Waals surface area contributed by atoms with Crippen LogP contribution >= 0.6 is 0 Å². The molecule has 2 amide bonds. The molecule has 1 saturated heterocycles. The first-order chi connectivity index (χ1) is 14.6. The summed E-state index contributed by atoms with van der Waals surface area (Å²) in [4.78, 5) is 35.9. The molecule has 1 aliphatic rings.